The van der Waals surface area contributed by atoms with E-state index < -0.39 is 12.2 Å². The summed E-state index contributed by atoms with van der Waals surface area (Å²) >= 11 is 0. The number of hydrogen-bond donors (Lipinski definition) is 2. The third-order valence-electron chi connectivity index (χ3n) is 3.88. The van der Waals surface area contributed by atoms with Gasteiger partial charge < -0.3 is 20.1 Å². The fourth-order valence-electron chi connectivity index (χ4n) is 2.49. The van der Waals surface area contributed by atoms with Gasteiger partial charge in [-0.25, -0.2) is 4.79 Å². The minimum atomic E-state index is -0.621. The van der Waals surface area contributed by atoms with Crippen LogP contribution in [-0.2, 0) is 16.1 Å². The number of benzene rings is 1. The maximum Gasteiger partial charge on any atom is 0.407 e. The number of alkyl carbamates (subject to hydrolysis) is 1. The third kappa shape index (κ3) is 4.46. The summed E-state index contributed by atoms with van der Waals surface area (Å²) in [5.74, 6) is -0.0827. The second-order valence-electron chi connectivity index (χ2n) is 5.45. The molecule has 22 heavy (non-hydrogen) atoms. The number of nitrogens with zero attached hydrogens (tertiary/aromatic N) is 1. The van der Waals surface area contributed by atoms with Crippen LogP contribution in [0, 0.1) is 5.92 Å². The highest BCUT2D eigenvalue weighted by Crippen LogP contribution is 2.19. The molecule has 1 heterocycles. The van der Waals surface area contributed by atoms with Gasteiger partial charge in [-0.1, -0.05) is 37.3 Å². The van der Waals surface area contributed by atoms with E-state index in [2.05, 4.69) is 5.32 Å². The number of carbonyl (C=O) groups excluding carboxylic acids is 2. The summed E-state index contributed by atoms with van der Waals surface area (Å²) < 4.78 is 5.03. The normalized spacial score (nSPS) is 20.7. The largest absolute Gasteiger partial charge is 0.445 e. The maximum absolute atomic E-state index is 12.0. The van der Waals surface area contributed by atoms with E-state index in [9.17, 15) is 14.7 Å². The van der Waals surface area contributed by atoms with Crippen LogP contribution < -0.4 is 5.32 Å². The van der Waals surface area contributed by atoms with Crippen molar-refractivity contribution in [3.05, 3.63) is 35.9 Å². The monoisotopic (exact) mass is 306 g/mol. The Morgan fingerprint density at radius 3 is 2.68 bits per heavy atom. The number of β-amino-alcohol motifs (C(OH)–C–C–N with tert-alkyl or cyclic N) is 1. The van der Waals surface area contributed by atoms with E-state index in [4.69, 9.17) is 4.74 Å². The molecule has 1 aliphatic rings. The van der Waals surface area contributed by atoms with Crippen molar-refractivity contribution < 1.29 is 19.4 Å². The number of ether oxygens (including phenoxy) is 1. The molecule has 0 bridgehead atoms. The van der Waals surface area contributed by atoms with Gasteiger partial charge in [0, 0.05) is 19.0 Å². The molecule has 1 aromatic carbocycles. The van der Waals surface area contributed by atoms with Crippen LogP contribution in [0.4, 0.5) is 4.79 Å². The van der Waals surface area contributed by atoms with E-state index in [1.165, 1.54) is 0 Å². The Labute approximate surface area is 130 Å². The summed E-state index contributed by atoms with van der Waals surface area (Å²) in [6.07, 6.45) is -0.264. The molecule has 2 rings (SSSR count). The smallest absolute Gasteiger partial charge is 0.407 e. The molecule has 6 nitrogen and oxygen atoms in total. The zero-order valence-electron chi connectivity index (χ0n) is 12.7. The quantitative estimate of drug-likeness (QED) is 0.855. The van der Waals surface area contributed by atoms with Crippen molar-refractivity contribution in [3.63, 3.8) is 0 Å². The van der Waals surface area contributed by atoms with Crippen molar-refractivity contribution >= 4 is 12.0 Å². The van der Waals surface area contributed by atoms with Crippen molar-refractivity contribution in [2.45, 2.75) is 26.1 Å². The molecular formula is C16H22N2O4. The van der Waals surface area contributed by atoms with Gasteiger partial charge in [0.05, 0.1) is 6.10 Å². The highest BCUT2D eigenvalue weighted by molar-refractivity contribution is 5.82. The van der Waals surface area contributed by atoms with Crippen molar-refractivity contribution in [1.29, 1.82) is 0 Å². The Kier molecular flexibility index (Phi) is 5.77. The summed E-state index contributed by atoms with van der Waals surface area (Å²) in [5, 5.41) is 12.2. The molecule has 0 saturated carbocycles. The second kappa shape index (κ2) is 7.79. The molecule has 2 amide bonds. The topological polar surface area (TPSA) is 78.9 Å². The molecule has 0 radical (unpaired) electrons. The fourth-order valence-corrected chi connectivity index (χ4v) is 2.49. The van der Waals surface area contributed by atoms with Crippen molar-refractivity contribution in [2.24, 2.45) is 5.92 Å². The van der Waals surface area contributed by atoms with Crippen LogP contribution >= 0.6 is 0 Å². The lowest BCUT2D eigenvalue weighted by atomic mass is 10.0. The number of hydrogen-bond acceptors (Lipinski definition) is 4. The van der Waals surface area contributed by atoms with Gasteiger partial charge in [0.15, 0.2) is 0 Å². The molecule has 1 saturated heterocycles. The fraction of sp³-hybridized carbons (Fsp3) is 0.500. The number of aliphatic hydroxyl groups excluding tert-OH is 1. The molecule has 1 aromatic rings. The van der Waals surface area contributed by atoms with Crippen LogP contribution in [0.25, 0.3) is 0 Å². The number of aliphatic hydroxyl groups is 1. The van der Waals surface area contributed by atoms with E-state index >= 15 is 0 Å². The Bertz CT molecular complexity index is 506. The van der Waals surface area contributed by atoms with Crippen LogP contribution in [0.5, 0.6) is 0 Å². The predicted octanol–water partition coefficient (Wildman–Crippen LogP) is 1.14. The molecule has 1 fully saturated rings. The zero-order valence-corrected chi connectivity index (χ0v) is 12.7. The first kappa shape index (κ1) is 16.3. The molecule has 120 valence electrons. The van der Waals surface area contributed by atoms with Gasteiger partial charge in [0.1, 0.15) is 13.2 Å². The molecule has 1 aliphatic heterocycles. The lowest BCUT2D eigenvalue weighted by molar-refractivity contribution is -0.129. The number of amides is 2. The van der Waals surface area contributed by atoms with Gasteiger partial charge in [0.25, 0.3) is 0 Å². The molecule has 2 N–H and O–H groups in total. The minimum Gasteiger partial charge on any atom is -0.445 e. The van der Waals surface area contributed by atoms with E-state index in [1.54, 1.807) is 4.90 Å². The Morgan fingerprint density at radius 2 is 2.05 bits per heavy atom. The van der Waals surface area contributed by atoms with Crippen molar-refractivity contribution in [3.8, 4) is 0 Å². The van der Waals surface area contributed by atoms with Crippen LogP contribution in [0.1, 0.15) is 18.9 Å². The van der Waals surface area contributed by atoms with Gasteiger partial charge in [0.2, 0.25) is 5.91 Å². The minimum absolute atomic E-state index is 0.114. The van der Waals surface area contributed by atoms with Crippen LogP contribution in [0.15, 0.2) is 30.3 Å². The Balaban J connectivity index is 1.69. The van der Waals surface area contributed by atoms with Crippen molar-refractivity contribution in [2.75, 3.05) is 19.6 Å². The van der Waals surface area contributed by atoms with Gasteiger partial charge in [-0.05, 0) is 12.0 Å². The predicted molar refractivity (Wildman–Crippen MR) is 81.0 cm³/mol. The maximum atomic E-state index is 12.0. The second-order valence-corrected chi connectivity index (χ2v) is 5.45. The molecule has 2 atom stereocenters. The third-order valence-corrected chi connectivity index (χ3v) is 3.88. The molecule has 0 aromatic heterocycles. The Hall–Kier alpha value is -2.08. The molecule has 0 spiro atoms. The lowest BCUT2D eigenvalue weighted by Gasteiger charge is -2.16. The number of likely N-dealkylation sites (tertiary alicyclic amines) is 1. The molecular weight excluding hydrogens is 284 g/mol. The van der Waals surface area contributed by atoms with Crippen LogP contribution in [0.3, 0.4) is 0 Å². The van der Waals surface area contributed by atoms with Crippen LogP contribution in [-0.4, -0.2) is 47.7 Å². The molecule has 0 aliphatic carbocycles. The van der Waals surface area contributed by atoms with E-state index in [0.717, 1.165) is 12.0 Å². The summed E-state index contributed by atoms with van der Waals surface area (Å²) in [4.78, 5) is 25.1. The summed E-state index contributed by atoms with van der Waals surface area (Å²) in [6.45, 7) is 2.91. The highest BCUT2D eigenvalue weighted by Gasteiger charge is 2.32. The summed E-state index contributed by atoms with van der Waals surface area (Å²) in [6, 6.07) is 9.33. The molecule has 6 heteroatoms. The SMILES string of the molecule is CCC1CN(C(=O)CNC(=O)OCc2ccccc2)CC1O. The van der Waals surface area contributed by atoms with Crippen molar-refractivity contribution in [1.82, 2.24) is 10.2 Å². The standard InChI is InChI=1S/C16H22N2O4/c1-2-13-9-18(10-14(13)19)15(20)8-17-16(21)22-11-12-6-4-3-5-7-12/h3-7,13-14,19H,2,8-11H2,1H3,(H,17,21). The van der Waals surface area contributed by atoms with E-state index in [-0.39, 0.29) is 25.0 Å². The molecule has 2 unspecified atom stereocenters. The van der Waals surface area contributed by atoms with Gasteiger partial charge in [-0.15, -0.1) is 0 Å². The average Bonchev–Trinajstić information content (AvgIpc) is 2.92. The first-order valence-corrected chi connectivity index (χ1v) is 7.50. The number of carbonyl (C=O) groups is 2. The number of nitrogens with one attached hydrogen (secondary N) is 1. The lowest BCUT2D eigenvalue weighted by Crippen LogP contribution is -2.39. The average molecular weight is 306 g/mol. The van der Waals surface area contributed by atoms with Gasteiger partial charge in [-0.3, -0.25) is 4.79 Å². The first-order valence-electron chi connectivity index (χ1n) is 7.50. The van der Waals surface area contributed by atoms with Gasteiger partial charge in [-0.2, -0.15) is 0 Å². The van der Waals surface area contributed by atoms with E-state index in [1.807, 2.05) is 37.3 Å². The van der Waals surface area contributed by atoms with E-state index in [0.29, 0.717) is 13.1 Å². The first-order chi connectivity index (χ1) is 10.6. The summed E-state index contributed by atoms with van der Waals surface area (Å²) in [7, 11) is 0. The number of rotatable bonds is 5. The van der Waals surface area contributed by atoms with Gasteiger partial charge >= 0.3 is 6.09 Å². The van der Waals surface area contributed by atoms with Crippen LogP contribution in [0.2, 0.25) is 0 Å². The Morgan fingerprint density at radius 1 is 1.32 bits per heavy atom. The summed E-state index contributed by atoms with van der Waals surface area (Å²) in [5.41, 5.74) is 0.887. The highest BCUT2D eigenvalue weighted by atomic mass is 16.5. The zero-order chi connectivity index (χ0) is 15.9.